The fraction of sp³-hybridized carbons (Fsp3) is 0.250. The molecule has 0 saturated heterocycles. The molecule has 0 heterocycles. The van der Waals surface area contributed by atoms with Gasteiger partial charge in [0.05, 0.1) is 10.0 Å². The molecule has 0 atom stereocenters. The average molecular weight is 193 g/mol. The summed E-state index contributed by atoms with van der Waals surface area (Å²) in [5, 5.41) is 1.21. The summed E-state index contributed by atoms with van der Waals surface area (Å²) in [5.41, 5.74) is 0. The van der Waals surface area contributed by atoms with E-state index < -0.39 is 0 Å². The fourth-order valence-corrected chi connectivity index (χ4v) is 0.711. The predicted octanol–water partition coefficient (Wildman–Crippen LogP) is 3.26. The lowest BCUT2D eigenvalue weighted by molar-refractivity contribution is 0.277. The molecular formula is C8H10Cl2O. The van der Waals surface area contributed by atoms with E-state index in [0.29, 0.717) is 10.0 Å². The third kappa shape index (κ3) is 5.08. The second-order valence-electron chi connectivity index (χ2n) is 1.82. The monoisotopic (exact) mass is 192 g/mol. The zero-order chi connectivity index (χ0) is 8.69. The highest BCUT2D eigenvalue weighted by atomic mass is 35.5. The van der Waals surface area contributed by atoms with Crippen molar-refractivity contribution >= 4 is 23.2 Å². The molecule has 1 nitrogen and oxygen atoms in total. The number of halogens is 2. The highest BCUT2D eigenvalue weighted by molar-refractivity contribution is 6.41. The molecule has 0 aliphatic rings. The molecule has 3 heteroatoms. The molecule has 0 fully saturated rings. The maximum Gasteiger partial charge on any atom is 0.0592 e. The molecule has 1 rings (SSSR count). The Kier molecular flexibility index (Phi) is 6.33. The topological polar surface area (TPSA) is 9.23 Å². The summed E-state index contributed by atoms with van der Waals surface area (Å²) < 4.78 is 4.25. The average Bonchev–Trinajstić information content (AvgIpc) is 1.97. The van der Waals surface area contributed by atoms with E-state index in [2.05, 4.69) is 4.74 Å². The Balaban J connectivity index is 0.000000292. The first-order valence-corrected chi connectivity index (χ1v) is 3.78. The zero-order valence-corrected chi connectivity index (χ0v) is 7.99. The van der Waals surface area contributed by atoms with Crippen LogP contribution in [0, 0.1) is 0 Å². The smallest absolute Gasteiger partial charge is 0.0592 e. The predicted molar refractivity (Wildman–Crippen MR) is 49.4 cm³/mol. The number of ether oxygens (including phenoxy) is 1. The van der Waals surface area contributed by atoms with E-state index in [1.807, 2.05) is 12.1 Å². The SMILES string of the molecule is COC.Clc1ccccc1Cl. The van der Waals surface area contributed by atoms with E-state index in [1.54, 1.807) is 26.4 Å². The van der Waals surface area contributed by atoms with Gasteiger partial charge in [-0.3, -0.25) is 0 Å². The van der Waals surface area contributed by atoms with Crippen LogP contribution in [0.1, 0.15) is 0 Å². The van der Waals surface area contributed by atoms with Crippen LogP contribution in [0.15, 0.2) is 24.3 Å². The van der Waals surface area contributed by atoms with Gasteiger partial charge in [-0.15, -0.1) is 0 Å². The number of rotatable bonds is 0. The largest absolute Gasteiger partial charge is 0.388 e. The number of benzene rings is 1. The van der Waals surface area contributed by atoms with Gasteiger partial charge in [0, 0.05) is 14.2 Å². The third-order valence-corrected chi connectivity index (χ3v) is 1.58. The Hall–Kier alpha value is -0.240. The molecule has 0 radical (unpaired) electrons. The Morgan fingerprint density at radius 3 is 1.45 bits per heavy atom. The zero-order valence-electron chi connectivity index (χ0n) is 6.47. The molecule has 0 N–H and O–H groups in total. The van der Waals surface area contributed by atoms with Gasteiger partial charge in [-0.25, -0.2) is 0 Å². The fourth-order valence-electron chi connectivity index (χ4n) is 0.439. The Labute approximate surface area is 76.9 Å². The molecule has 11 heavy (non-hydrogen) atoms. The van der Waals surface area contributed by atoms with Gasteiger partial charge in [-0.2, -0.15) is 0 Å². The second-order valence-corrected chi connectivity index (χ2v) is 2.64. The van der Waals surface area contributed by atoms with E-state index in [4.69, 9.17) is 23.2 Å². The third-order valence-electron chi connectivity index (χ3n) is 0.824. The molecule has 0 aliphatic heterocycles. The first-order chi connectivity index (χ1) is 5.22. The summed E-state index contributed by atoms with van der Waals surface area (Å²) in [7, 11) is 3.25. The van der Waals surface area contributed by atoms with Crippen molar-refractivity contribution in [1.82, 2.24) is 0 Å². The lowest BCUT2D eigenvalue weighted by Gasteiger charge is -1.88. The van der Waals surface area contributed by atoms with E-state index in [0.717, 1.165) is 0 Å². The minimum absolute atomic E-state index is 0.606. The summed E-state index contributed by atoms with van der Waals surface area (Å²) in [4.78, 5) is 0. The van der Waals surface area contributed by atoms with Gasteiger partial charge >= 0.3 is 0 Å². The van der Waals surface area contributed by atoms with Crippen molar-refractivity contribution in [2.45, 2.75) is 0 Å². The van der Waals surface area contributed by atoms with Crippen molar-refractivity contribution < 1.29 is 4.74 Å². The van der Waals surface area contributed by atoms with Crippen molar-refractivity contribution in [3.8, 4) is 0 Å². The highest BCUT2D eigenvalue weighted by Crippen LogP contribution is 2.19. The Bertz CT molecular complexity index is 180. The van der Waals surface area contributed by atoms with Crippen molar-refractivity contribution in [3.05, 3.63) is 34.3 Å². The van der Waals surface area contributed by atoms with Gasteiger partial charge in [0.2, 0.25) is 0 Å². The van der Waals surface area contributed by atoms with Crippen LogP contribution in [0.2, 0.25) is 10.0 Å². The standard InChI is InChI=1S/C6H4Cl2.C2H6O/c7-5-3-1-2-4-6(5)8;1-3-2/h1-4H;1-2H3. The maximum absolute atomic E-state index is 5.58. The van der Waals surface area contributed by atoms with Crippen molar-refractivity contribution in [2.24, 2.45) is 0 Å². The molecule has 0 aromatic heterocycles. The van der Waals surface area contributed by atoms with Crippen molar-refractivity contribution in [1.29, 1.82) is 0 Å². The maximum atomic E-state index is 5.58. The van der Waals surface area contributed by atoms with Crippen molar-refractivity contribution in [2.75, 3.05) is 14.2 Å². The van der Waals surface area contributed by atoms with E-state index in [1.165, 1.54) is 0 Å². The number of hydrogen-bond donors (Lipinski definition) is 0. The van der Waals surface area contributed by atoms with Gasteiger partial charge < -0.3 is 4.74 Å². The first-order valence-electron chi connectivity index (χ1n) is 3.02. The van der Waals surface area contributed by atoms with Crippen LogP contribution in [0.3, 0.4) is 0 Å². The van der Waals surface area contributed by atoms with Crippen LogP contribution in [0.4, 0.5) is 0 Å². The molecule has 62 valence electrons. The van der Waals surface area contributed by atoms with Gasteiger partial charge in [0.1, 0.15) is 0 Å². The molecule has 0 unspecified atom stereocenters. The van der Waals surface area contributed by atoms with E-state index in [-0.39, 0.29) is 0 Å². The van der Waals surface area contributed by atoms with Crippen LogP contribution < -0.4 is 0 Å². The van der Waals surface area contributed by atoms with Crippen molar-refractivity contribution in [3.63, 3.8) is 0 Å². The quantitative estimate of drug-likeness (QED) is 0.614. The van der Waals surface area contributed by atoms with E-state index in [9.17, 15) is 0 Å². The van der Waals surface area contributed by atoms with Crippen LogP contribution >= 0.6 is 23.2 Å². The molecule has 0 spiro atoms. The van der Waals surface area contributed by atoms with Gasteiger partial charge in [0.15, 0.2) is 0 Å². The Morgan fingerprint density at radius 1 is 1.00 bits per heavy atom. The highest BCUT2D eigenvalue weighted by Gasteiger charge is 1.89. The molecule has 1 aromatic rings. The second kappa shape index (κ2) is 6.47. The van der Waals surface area contributed by atoms with Crippen LogP contribution in [-0.2, 0) is 4.74 Å². The minimum atomic E-state index is 0.606. The number of hydrogen-bond acceptors (Lipinski definition) is 1. The lowest BCUT2D eigenvalue weighted by atomic mass is 10.4. The van der Waals surface area contributed by atoms with E-state index >= 15 is 0 Å². The first kappa shape index (κ1) is 10.8. The van der Waals surface area contributed by atoms with Crippen LogP contribution in [-0.4, -0.2) is 14.2 Å². The molecule has 0 saturated carbocycles. The summed E-state index contributed by atoms with van der Waals surface area (Å²) in [6.45, 7) is 0. The van der Waals surface area contributed by atoms with Crippen LogP contribution in [0.25, 0.3) is 0 Å². The summed E-state index contributed by atoms with van der Waals surface area (Å²) in [6.07, 6.45) is 0. The molecular weight excluding hydrogens is 183 g/mol. The molecule has 0 aliphatic carbocycles. The molecule has 1 aromatic carbocycles. The van der Waals surface area contributed by atoms with Crippen LogP contribution in [0.5, 0.6) is 0 Å². The van der Waals surface area contributed by atoms with Gasteiger partial charge in [-0.1, -0.05) is 35.3 Å². The molecule has 0 amide bonds. The normalized spacial score (nSPS) is 8.36. The van der Waals surface area contributed by atoms with Gasteiger partial charge in [-0.05, 0) is 12.1 Å². The minimum Gasteiger partial charge on any atom is -0.388 e. The van der Waals surface area contributed by atoms with Gasteiger partial charge in [0.25, 0.3) is 0 Å². The number of methoxy groups -OCH3 is 1. The lowest BCUT2D eigenvalue weighted by Crippen LogP contribution is -1.62. The summed E-state index contributed by atoms with van der Waals surface area (Å²) in [6, 6.07) is 7.19. The Morgan fingerprint density at radius 2 is 1.27 bits per heavy atom. The summed E-state index contributed by atoms with van der Waals surface area (Å²) >= 11 is 11.2. The molecule has 0 bridgehead atoms. The summed E-state index contributed by atoms with van der Waals surface area (Å²) in [5.74, 6) is 0.